The third kappa shape index (κ3) is 3.67. The monoisotopic (exact) mass is 379 g/mol. The fraction of sp³-hybridized carbons (Fsp3) is 0.588. The molecule has 1 atom stereocenters. The predicted octanol–water partition coefficient (Wildman–Crippen LogP) is 1.54. The molecule has 1 amide bonds. The molecular weight excluding hydrogens is 354 g/mol. The highest BCUT2D eigenvalue weighted by molar-refractivity contribution is 7.91. The highest BCUT2D eigenvalue weighted by atomic mass is 32.2. The van der Waals surface area contributed by atoms with Crippen LogP contribution in [0.1, 0.15) is 55.5 Å². The molecule has 1 saturated heterocycles. The Kier molecular flexibility index (Phi) is 4.68. The summed E-state index contributed by atoms with van der Waals surface area (Å²) >= 11 is 0. The number of nitrogens with one attached hydrogen (secondary N) is 1. The number of aryl methyl sites for hydroxylation is 1. The lowest BCUT2D eigenvalue weighted by molar-refractivity contribution is 0.0691. The smallest absolute Gasteiger partial charge is 0.274 e. The second kappa shape index (κ2) is 6.53. The number of aromatic amines is 1. The molecule has 1 fully saturated rings. The van der Waals surface area contributed by atoms with Crippen LogP contribution in [0.5, 0.6) is 0 Å². The van der Waals surface area contributed by atoms with Crippen LogP contribution in [0, 0.1) is 0 Å². The van der Waals surface area contributed by atoms with Crippen molar-refractivity contribution in [2.75, 3.05) is 18.1 Å². The fourth-order valence-electron chi connectivity index (χ4n) is 3.01. The van der Waals surface area contributed by atoms with Crippen LogP contribution < -0.4 is 0 Å². The summed E-state index contributed by atoms with van der Waals surface area (Å²) in [6.45, 7) is 8.89. The molecule has 1 aliphatic rings. The topological polar surface area (TPSA) is 101 Å². The van der Waals surface area contributed by atoms with Gasteiger partial charge in [-0.15, -0.1) is 0 Å². The number of amides is 1. The molecule has 0 aromatic carbocycles. The van der Waals surface area contributed by atoms with Crippen LogP contribution in [-0.2, 0) is 21.8 Å². The first-order valence-corrected chi connectivity index (χ1v) is 10.5. The molecule has 0 unspecified atom stereocenters. The van der Waals surface area contributed by atoms with Crippen LogP contribution in [0.3, 0.4) is 0 Å². The second-order valence-corrected chi connectivity index (χ2v) is 9.90. The van der Waals surface area contributed by atoms with Crippen LogP contribution in [0.15, 0.2) is 18.5 Å². The molecule has 0 radical (unpaired) electrons. The van der Waals surface area contributed by atoms with E-state index in [1.54, 1.807) is 28.0 Å². The van der Waals surface area contributed by atoms with Crippen molar-refractivity contribution in [3.63, 3.8) is 0 Å². The largest absolute Gasteiger partial charge is 0.328 e. The van der Waals surface area contributed by atoms with Gasteiger partial charge in [-0.1, -0.05) is 20.8 Å². The second-order valence-electron chi connectivity index (χ2n) is 7.67. The van der Waals surface area contributed by atoms with E-state index < -0.39 is 15.9 Å². The van der Waals surface area contributed by atoms with Gasteiger partial charge in [0, 0.05) is 36.0 Å². The van der Waals surface area contributed by atoms with Gasteiger partial charge in [-0.2, -0.15) is 10.2 Å². The summed E-state index contributed by atoms with van der Waals surface area (Å²) in [5.74, 6) is -0.390. The van der Waals surface area contributed by atoms with E-state index in [1.165, 1.54) is 0 Å². The summed E-state index contributed by atoms with van der Waals surface area (Å²) < 4.78 is 26.1. The molecular formula is C17H25N5O3S. The van der Waals surface area contributed by atoms with Crippen molar-refractivity contribution >= 4 is 15.7 Å². The Morgan fingerprint density at radius 1 is 1.38 bits per heavy atom. The first-order valence-electron chi connectivity index (χ1n) is 8.70. The molecule has 9 heteroatoms. The molecule has 2 aromatic heterocycles. The van der Waals surface area contributed by atoms with E-state index in [0.29, 0.717) is 12.2 Å². The van der Waals surface area contributed by atoms with Crippen molar-refractivity contribution in [3.05, 3.63) is 35.4 Å². The summed E-state index contributed by atoms with van der Waals surface area (Å²) in [5.41, 5.74) is 1.75. The van der Waals surface area contributed by atoms with E-state index in [1.807, 2.05) is 27.7 Å². The maximum Gasteiger partial charge on any atom is 0.274 e. The minimum atomic E-state index is -3.20. The van der Waals surface area contributed by atoms with Gasteiger partial charge >= 0.3 is 0 Å². The number of H-pyrrole nitrogens is 1. The van der Waals surface area contributed by atoms with Crippen molar-refractivity contribution in [1.29, 1.82) is 0 Å². The normalized spacial score (nSPS) is 20.3. The molecule has 0 aliphatic carbocycles. The summed E-state index contributed by atoms with van der Waals surface area (Å²) in [4.78, 5) is 14.6. The maximum absolute atomic E-state index is 13.0. The number of hydrogen-bond acceptors (Lipinski definition) is 5. The maximum atomic E-state index is 13.0. The van der Waals surface area contributed by atoms with Crippen molar-refractivity contribution in [1.82, 2.24) is 24.9 Å². The van der Waals surface area contributed by atoms with Gasteiger partial charge in [-0.05, 0) is 13.0 Å². The zero-order chi connectivity index (χ0) is 19.1. The van der Waals surface area contributed by atoms with Gasteiger partial charge in [0.25, 0.3) is 5.91 Å². The molecule has 3 rings (SSSR count). The molecule has 142 valence electrons. The number of rotatable bonds is 3. The Bertz CT molecular complexity index is 907. The summed E-state index contributed by atoms with van der Waals surface area (Å²) in [6.07, 6.45) is 3.44. The number of sulfone groups is 1. The summed E-state index contributed by atoms with van der Waals surface area (Å²) in [6, 6.07) is 1.20. The first kappa shape index (κ1) is 18.6. The third-order valence-corrected chi connectivity index (χ3v) is 6.29. The van der Waals surface area contributed by atoms with E-state index in [0.717, 1.165) is 11.3 Å². The van der Waals surface area contributed by atoms with Gasteiger partial charge < -0.3 is 4.90 Å². The summed E-state index contributed by atoms with van der Waals surface area (Å²) in [7, 11) is -3.20. The Hall–Kier alpha value is -2.16. The van der Waals surface area contributed by atoms with Crippen molar-refractivity contribution in [2.45, 2.75) is 45.7 Å². The molecule has 0 saturated carbocycles. The molecule has 2 aromatic rings. The predicted molar refractivity (Wildman–Crippen MR) is 97.6 cm³/mol. The van der Waals surface area contributed by atoms with Crippen LogP contribution in [0.4, 0.5) is 0 Å². The van der Waals surface area contributed by atoms with E-state index in [4.69, 9.17) is 0 Å². The van der Waals surface area contributed by atoms with Gasteiger partial charge in [0.2, 0.25) is 0 Å². The quantitative estimate of drug-likeness (QED) is 0.872. The van der Waals surface area contributed by atoms with Crippen LogP contribution in [-0.4, -0.2) is 57.3 Å². The van der Waals surface area contributed by atoms with Gasteiger partial charge in [0.15, 0.2) is 9.84 Å². The van der Waals surface area contributed by atoms with E-state index in [9.17, 15) is 13.2 Å². The number of carbonyl (C=O) groups excluding carboxylic acids is 1. The lowest BCUT2D eigenvalue weighted by Crippen LogP contribution is -2.46. The average Bonchev–Trinajstić information content (AvgIpc) is 3.22. The lowest BCUT2D eigenvalue weighted by atomic mass is 9.92. The zero-order valence-electron chi connectivity index (χ0n) is 15.6. The van der Waals surface area contributed by atoms with Gasteiger partial charge in [0.05, 0.1) is 23.7 Å². The van der Waals surface area contributed by atoms with Gasteiger partial charge in [-0.3, -0.25) is 14.6 Å². The lowest BCUT2D eigenvalue weighted by Gasteiger charge is -2.34. The Labute approximate surface area is 153 Å². The molecule has 8 nitrogen and oxygen atoms in total. The summed E-state index contributed by atoms with van der Waals surface area (Å²) in [5, 5.41) is 11.3. The van der Waals surface area contributed by atoms with Crippen LogP contribution >= 0.6 is 0 Å². The number of hydrogen-bond donors (Lipinski definition) is 1. The van der Waals surface area contributed by atoms with E-state index >= 15 is 0 Å². The molecule has 1 aliphatic heterocycles. The van der Waals surface area contributed by atoms with Crippen LogP contribution in [0.2, 0.25) is 0 Å². The van der Waals surface area contributed by atoms with Crippen LogP contribution in [0.25, 0.3) is 0 Å². The Morgan fingerprint density at radius 2 is 2.12 bits per heavy atom. The van der Waals surface area contributed by atoms with Crippen molar-refractivity contribution in [2.24, 2.45) is 0 Å². The number of carbonyl (C=O) groups is 1. The number of nitrogens with zero attached hydrogens (tertiary/aromatic N) is 4. The molecule has 3 heterocycles. The van der Waals surface area contributed by atoms with Gasteiger partial charge in [-0.25, -0.2) is 8.42 Å². The minimum Gasteiger partial charge on any atom is -0.328 e. The minimum absolute atomic E-state index is 0.0340. The van der Waals surface area contributed by atoms with Crippen molar-refractivity contribution < 1.29 is 13.2 Å². The van der Waals surface area contributed by atoms with Crippen molar-refractivity contribution in [3.8, 4) is 0 Å². The molecule has 0 spiro atoms. The van der Waals surface area contributed by atoms with E-state index in [2.05, 4.69) is 15.3 Å². The third-order valence-electron chi connectivity index (χ3n) is 4.66. The highest BCUT2D eigenvalue weighted by Gasteiger charge is 2.37. The van der Waals surface area contributed by atoms with E-state index in [-0.39, 0.29) is 29.4 Å². The highest BCUT2D eigenvalue weighted by Crippen LogP contribution is 2.29. The molecule has 1 N–H and O–H groups in total. The standard InChI is InChI=1S/C17H25N5O3S/c1-5-21-10-12(9-18-21)14-11-26(24,25)7-6-22(14)16(23)13-8-15(20-19-13)17(2,3)4/h8-10,14H,5-7,11H2,1-4H3,(H,19,20)/t14-/m1/s1. The fourth-order valence-corrected chi connectivity index (χ4v) is 4.51. The SMILES string of the molecule is CCn1cc([C@H]2CS(=O)(=O)CCN2C(=O)c2cc(C(C)(C)C)[nH]n2)cn1. The zero-order valence-corrected chi connectivity index (χ0v) is 16.4. The average molecular weight is 379 g/mol. The Morgan fingerprint density at radius 3 is 2.69 bits per heavy atom. The van der Waals surface area contributed by atoms with Gasteiger partial charge in [0.1, 0.15) is 5.69 Å². The molecule has 26 heavy (non-hydrogen) atoms. The molecule has 0 bridgehead atoms. The Balaban J connectivity index is 1.92. The number of aromatic nitrogens is 4. The first-order chi connectivity index (χ1) is 12.1.